The van der Waals surface area contributed by atoms with Crippen molar-refractivity contribution in [3.05, 3.63) is 27.7 Å². The Hall–Kier alpha value is -0.260. The summed E-state index contributed by atoms with van der Waals surface area (Å²) in [6.07, 6.45) is 1.50. The van der Waals surface area contributed by atoms with Crippen molar-refractivity contribution < 1.29 is 8.42 Å². The van der Waals surface area contributed by atoms with E-state index in [-0.39, 0.29) is 5.25 Å². The molecule has 0 radical (unpaired) electrons. The lowest BCUT2D eigenvalue weighted by Crippen LogP contribution is -2.17. The summed E-state index contributed by atoms with van der Waals surface area (Å²) in [5.41, 5.74) is 0.534. The smallest absolute Gasteiger partial charge is 0.235 e. The average Bonchev–Trinajstić information content (AvgIpc) is 2.92. The predicted molar refractivity (Wildman–Crippen MR) is 64.7 cm³/mol. The second kappa shape index (κ2) is 3.96. The highest BCUT2D eigenvalue weighted by Gasteiger charge is 2.35. The Balaban J connectivity index is 2.24. The zero-order valence-corrected chi connectivity index (χ0v) is 10.9. The van der Waals surface area contributed by atoms with Gasteiger partial charge in [0.2, 0.25) is 10.0 Å². The molecule has 0 amide bonds. The summed E-state index contributed by atoms with van der Waals surface area (Å²) < 4.78 is 26.5. The fourth-order valence-corrected chi connectivity index (χ4v) is 3.51. The minimum atomic E-state index is -3.20. The highest BCUT2D eigenvalue weighted by atomic mass is 79.9. The van der Waals surface area contributed by atoms with Crippen LogP contribution in [-0.2, 0) is 10.0 Å². The first-order chi connectivity index (χ1) is 6.99. The van der Waals surface area contributed by atoms with Gasteiger partial charge in [0.15, 0.2) is 0 Å². The molecule has 1 saturated carbocycles. The fourth-order valence-electron chi connectivity index (χ4n) is 1.19. The van der Waals surface area contributed by atoms with Gasteiger partial charge < -0.3 is 0 Å². The molecule has 6 heteroatoms. The number of hydrogen-bond donors (Lipinski definition) is 1. The summed E-state index contributed by atoms with van der Waals surface area (Å²) in [7, 11) is -3.20. The number of anilines is 1. The SMILES string of the molecule is O=S(=O)(Nc1ccc(Cl)cc1Br)C1CC1. The summed E-state index contributed by atoms with van der Waals surface area (Å²) >= 11 is 9.01. The van der Waals surface area contributed by atoms with Crippen LogP contribution >= 0.6 is 27.5 Å². The highest BCUT2D eigenvalue weighted by molar-refractivity contribution is 9.10. The van der Waals surface area contributed by atoms with E-state index in [0.29, 0.717) is 15.2 Å². The van der Waals surface area contributed by atoms with Crippen LogP contribution in [0, 0.1) is 0 Å². The Kier molecular flexibility index (Phi) is 2.96. The van der Waals surface area contributed by atoms with E-state index >= 15 is 0 Å². The van der Waals surface area contributed by atoms with Gasteiger partial charge in [-0.15, -0.1) is 0 Å². The minimum Gasteiger partial charge on any atom is -0.282 e. The molecule has 1 fully saturated rings. The molecular formula is C9H9BrClNO2S. The van der Waals surface area contributed by atoms with Gasteiger partial charge in [0.25, 0.3) is 0 Å². The quantitative estimate of drug-likeness (QED) is 0.933. The van der Waals surface area contributed by atoms with E-state index in [1.165, 1.54) is 0 Å². The molecule has 0 bridgehead atoms. The largest absolute Gasteiger partial charge is 0.282 e. The van der Waals surface area contributed by atoms with Crippen molar-refractivity contribution in [2.24, 2.45) is 0 Å². The van der Waals surface area contributed by atoms with E-state index in [1.54, 1.807) is 18.2 Å². The third-order valence-electron chi connectivity index (χ3n) is 2.15. The average molecular weight is 311 g/mol. The monoisotopic (exact) mass is 309 g/mol. The maximum absolute atomic E-state index is 11.6. The molecule has 3 nitrogen and oxygen atoms in total. The van der Waals surface area contributed by atoms with Gasteiger partial charge in [0.05, 0.1) is 10.9 Å². The Morgan fingerprint density at radius 3 is 2.60 bits per heavy atom. The standard InChI is InChI=1S/C9H9BrClNO2S/c10-8-5-6(11)1-4-9(8)12-15(13,14)7-2-3-7/h1,4-5,7,12H,2-3H2. The first-order valence-corrected chi connectivity index (χ1v) is 7.17. The molecule has 1 N–H and O–H groups in total. The summed E-state index contributed by atoms with van der Waals surface area (Å²) in [5.74, 6) is 0. The van der Waals surface area contributed by atoms with Crippen LogP contribution in [0.5, 0.6) is 0 Å². The van der Waals surface area contributed by atoms with Gasteiger partial charge in [-0.2, -0.15) is 0 Å². The molecule has 0 saturated heterocycles. The van der Waals surface area contributed by atoms with Crippen molar-refractivity contribution in [3.8, 4) is 0 Å². The van der Waals surface area contributed by atoms with Crippen molar-refractivity contribution in [2.75, 3.05) is 4.72 Å². The molecular weight excluding hydrogens is 302 g/mol. The van der Waals surface area contributed by atoms with Crippen molar-refractivity contribution in [1.29, 1.82) is 0 Å². The van der Waals surface area contributed by atoms with E-state index in [4.69, 9.17) is 11.6 Å². The minimum absolute atomic E-state index is 0.222. The normalized spacial score (nSPS) is 16.4. The fraction of sp³-hybridized carbons (Fsp3) is 0.333. The molecule has 1 aromatic carbocycles. The molecule has 82 valence electrons. The zero-order chi connectivity index (χ0) is 11.1. The van der Waals surface area contributed by atoms with Crippen LogP contribution in [0.2, 0.25) is 5.02 Å². The molecule has 1 aromatic rings. The van der Waals surface area contributed by atoms with Crippen LogP contribution in [-0.4, -0.2) is 13.7 Å². The van der Waals surface area contributed by atoms with Gasteiger partial charge in [-0.1, -0.05) is 11.6 Å². The maximum Gasteiger partial charge on any atom is 0.235 e. The Labute approximate surface area is 102 Å². The number of hydrogen-bond acceptors (Lipinski definition) is 2. The third kappa shape index (κ3) is 2.65. The van der Waals surface area contributed by atoms with Gasteiger partial charge in [-0.05, 0) is 47.0 Å². The number of nitrogens with one attached hydrogen (secondary N) is 1. The Bertz CT molecular complexity index is 485. The first-order valence-electron chi connectivity index (χ1n) is 4.46. The van der Waals surface area contributed by atoms with Crippen LogP contribution in [0.3, 0.4) is 0 Å². The molecule has 1 aliphatic rings. The van der Waals surface area contributed by atoms with Crippen LogP contribution in [0.15, 0.2) is 22.7 Å². The van der Waals surface area contributed by atoms with Gasteiger partial charge in [0.1, 0.15) is 0 Å². The van der Waals surface area contributed by atoms with E-state index in [2.05, 4.69) is 20.7 Å². The first kappa shape index (κ1) is 11.2. The van der Waals surface area contributed by atoms with Crippen molar-refractivity contribution in [2.45, 2.75) is 18.1 Å². The molecule has 15 heavy (non-hydrogen) atoms. The van der Waals surface area contributed by atoms with Crippen molar-refractivity contribution in [3.63, 3.8) is 0 Å². The van der Waals surface area contributed by atoms with Gasteiger partial charge in [0, 0.05) is 9.50 Å². The van der Waals surface area contributed by atoms with E-state index in [0.717, 1.165) is 12.8 Å². The van der Waals surface area contributed by atoms with Crippen LogP contribution in [0.4, 0.5) is 5.69 Å². The summed E-state index contributed by atoms with van der Waals surface area (Å²) in [4.78, 5) is 0. The summed E-state index contributed by atoms with van der Waals surface area (Å²) in [6.45, 7) is 0. The van der Waals surface area contributed by atoms with Gasteiger partial charge in [-0.25, -0.2) is 8.42 Å². The predicted octanol–water partition coefficient (Wildman–Crippen LogP) is 3.01. The summed E-state index contributed by atoms with van der Waals surface area (Å²) in [5, 5.41) is 0.344. The van der Waals surface area contributed by atoms with Gasteiger partial charge in [-0.3, -0.25) is 4.72 Å². The second-order valence-electron chi connectivity index (χ2n) is 3.47. The number of sulfonamides is 1. The van der Waals surface area contributed by atoms with Crippen LogP contribution < -0.4 is 4.72 Å². The van der Waals surface area contributed by atoms with Crippen molar-refractivity contribution >= 4 is 43.2 Å². The lowest BCUT2D eigenvalue weighted by molar-refractivity contribution is 0.600. The van der Waals surface area contributed by atoms with Crippen LogP contribution in [0.1, 0.15) is 12.8 Å². The topological polar surface area (TPSA) is 46.2 Å². The third-order valence-corrected chi connectivity index (χ3v) is 4.89. The summed E-state index contributed by atoms with van der Waals surface area (Å²) in [6, 6.07) is 4.95. The maximum atomic E-state index is 11.6. The highest BCUT2D eigenvalue weighted by Crippen LogP contribution is 2.32. The number of benzene rings is 1. The number of rotatable bonds is 3. The van der Waals surface area contributed by atoms with Gasteiger partial charge >= 0.3 is 0 Å². The van der Waals surface area contributed by atoms with E-state index < -0.39 is 10.0 Å². The Morgan fingerprint density at radius 1 is 1.40 bits per heavy atom. The van der Waals surface area contributed by atoms with Crippen LogP contribution in [0.25, 0.3) is 0 Å². The van der Waals surface area contributed by atoms with E-state index in [1.807, 2.05) is 0 Å². The molecule has 0 atom stereocenters. The molecule has 2 rings (SSSR count). The molecule has 0 spiro atoms. The van der Waals surface area contributed by atoms with Crippen molar-refractivity contribution in [1.82, 2.24) is 0 Å². The lowest BCUT2D eigenvalue weighted by atomic mass is 10.3. The molecule has 0 unspecified atom stereocenters. The second-order valence-corrected chi connectivity index (χ2v) is 6.72. The molecule has 0 heterocycles. The zero-order valence-electron chi connectivity index (χ0n) is 7.70. The van der Waals surface area contributed by atoms with E-state index in [9.17, 15) is 8.42 Å². The Morgan fingerprint density at radius 2 is 2.07 bits per heavy atom. The molecule has 0 aliphatic heterocycles. The molecule has 0 aromatic heterocycles. The molecule has 1 aliphatic carbocycles. The lowest BCUT2D eigenvalue weighted by Gasteiger charge is -2.08. The number of halogens is 2.